The molecule has 2 aromatic carbocycles. The SMILES string of the molecule is Cc1ccc(OC(C)C(=O)OCC(=O)Nc2c(Cl)cccc2Cl)cc1. The van der Waals surface area contributed by atoms with Crippen LogP contribution >= 0.6 is 23.2 Å². The van der Waals surface area contributed by atoms with E-state index in [-0.39, 0.29) is 5.69 Å². The lowest BCUT2D eigenvalue weighted by Crippen LogP contribution is -2.29. The van der Waals surface area contributed by atoms with E-state index < -0.39 is 24.6 Å². The van der Waals surface area contributed by atoms with Crippen LogP contribution in [0.15, 0.2) is 42.5 Å². The number of amides is 1. The van der Waals surface area contributed by atoms with Gasteiger partial charge in [-0.25, -0.2) is 4.79 Å². The average Bonchev–Trinajstić information content (AvgIpc) is 2.58. The molecular formula is C18H17Cl2NO4. The minimum Gasteiger partial charge on any atom is -0.479 e. The van der Waals surface area contributed by atoms with Crippen LogP contribution < -0.4 is 10.1 Å². The predicted octanol–water partition coefficient (Wildman–Crippen LogP) is 4.25. The number of rotatable bonds is 6. The van der Waals surface area contributed by atoms with E-state index in [0.29, 0.717) is 15.8 Å². The maximum absolute atomic E-state index is 11.9. The first-order valence-electron chi connectivity index (χ1n) is 7.50. The zero-order chi connectivity index (χ0) is 18.4. The molecule has 0 aliphatic rings. The van der Waals surface area contributed by atoms with Crippen molar-refractivity contribution in [3.63, 3.8) is 0 Å². The van der Waals surface area contributed by atoms with Crippen LogP contribution in [0.1, 0.15) is 12.5 Å². The standard InChI is InChI=1S/C18H17Cl2NO4/c1-11-6-8-13(9-7-11)25-12(2)18(23)24-10-16(22)21-17-14(19)4-3-5-15(17)20/h3-9,12H,10H2,1-2H3,(H,21,22). The Bertz CT molecular complexity index is 742. The maximum atomic E-state index is 11.9. The highest BCUT2D eigenvalue weighted by Crippen LogP contribution is 2.29. The van der Waals surface area contributed by atoms with Crippen LogP contribution in [0.4, 0.5) is 5.69 Å². The molecule has 7 heteroatoms. The number of carbonyl (C=O) groups is 2. The molecular weight excluding hydrogens is 365 g/mol. The summed E-state index contributed by atoms with van der Waals surface area (Å²) in [6.07, 6.45) is -0.848. The van der Waals surface area contributed by atoms with Gasteiger partial charge in [-0.1, -0.05) is 47.0 Å². The zero-order valence-electron chi connectivity index (χ0n) is 13.7. The van der Waals surface area contributed by atoms with Crippen LogP contribution in [-0.2, 0) is 14.3 Å². The third kappa shape index (κ3) is 5.66. The topological polar surface area (TPSA) is 64.6 Å². The van der Waals surface area contributed by atoms with Gasteiger partial charge in [0.05, 0.1) is 15.7 Å². The van der Waals surface area contributed by atoms with Crippen molar-refractivity contribution < 1.29 is 19.1 Å². The molecule has 0 fully saturated rings. The van der Waals surface area contributed by atoms with Crippen molar-refractivity contribution in [2.75, 3.05) is 11.9 Å². The Hall–Kier alpha value is -2.24. The molecule has 132 valence electrons. The first-order valence-corrected chi connectivity index (χ1v) is 8.26. The van der Waals surface area contributed by atoms with Gasteiger partial charge in [-0.2, -0.15) is 0 Å². The van der Waals surface area contributed by atoms with Crippen molar-refractivity contribution in [2.45, 2.75) is 20.0 Å². The fourth-order valence-electron chi connectivity index (χ4n) is 1.92. The van der Waals surface area contributed by atoms with E-state index in [2.05, 4.69) is 5.32 Å². The molecule has 2 rings (SSSR count). The number of carbonyl (C=O) groups excluding carboxylic acids is 2. The monoisotopic (exact) mass is 381 g/mol. The van der Waals surface area contributed by atoms with Gasteiger partial charge in [-0.15, -0.1) is 0 Å². The minimum absolute atomic E-state index is 0.274. The van der Waals surface area contributed by atoms with Crippen molar-refractivity contribution in [3.8, 4) is 5.75 Å². The molecule has 1 amide bonds. The molecule has 0 aromatic heterocycles. The predicted molar refractivity (Wildman–Crippen MR) is 97.3 cm³/mol. The lowest BCUT2D eigenvalue weighted by molar-refractivity contribution is -0.153. The number of aryl methyl sites for hydroxylation is 1. The molecule has 0 aliphatic heterocycles. The Morgan fingerprint density at radius 2 is 1.68 bits per heavy atom. The molecule has 0 saturated carbocycles. The van der Waals surface area contributed by atoms with Crippen LogP contribution in [0.3, 0.4) is 0 Å². The minimum atomic E-state index is -0.848. The van der Waals surface area contributed by atoms with E-state index in [0.717, 1.165) is 5.56 Å². The number of ether oxygens (including phenoxy) is 2. The van der Waals surface area contributed by atoms with Crippen LogP contribution in [-0.4, -0.2) is 24.6 Å². The third-order valence-corrected chi connectivity index (χ3v) is 3.87. The molecule has 2 aromatic rings. The summed E-state index contributed by atoms with van der Waals surface area (Å²) in [5.41, 5.74) is 1.35. The largest absolute Gasteiger partial charge is 0.479 e. The Kier molecular flexibility index (Phi) is 6.67. The van der Waals surface area contributed by atoms with Crippen molar-refractivity contribution in [1.82, 2.24) is 0 Å². The number of para-hydroxylation sites is 1. The van der Waals surface area contributed by atoms with E-state index in [4.69, 9.17) is 32.7 Å². The van der Waals surface area contributed by atoms with Gasteiger partial charge in [0.25, 0.3) is 5.91 Å². The van der Waals surface area contributed by atoms with Gasteiger partial charge in [0.2, 0.25) is 0 Å². The Balaban J connectivity index is 1.84. The zero-order valence-corrected chi connectivity index (χ0v) is 15.2. The molecule has 1 atom stereocenters. The van der Waals surface area contributed by atoms with Crippen molar-refractivity contribution in [3.05, 3.63) is 58.1 Å². The quantitative estimate of drug-likeness (QED) is 0.759. The highest BCUT2D eigenvalue weighted by molar-refractivity contribution is 6.39. The molecule has 0 radical (unpaired) electrons. The van der Waals surface area contributed by atoms with Gasteiger partial charge in [0.1, 0.15) is 5.75 Å². The van der Waals surface area contributed by atoms with E-state index in [1.807, 2.05) is 19.1 Å². The normalized spacial score (nSPS) is 11.5. The second-order valence-electron chi connectivity index (χ2n) is 5.33. The molecule has 0 aliphatic carbocycles. The van der Waals surface area contributed by atoms with Gasteiger partial charge >= 0.3 is 5.97 Å². The van der Waals surface area contributed by atoms with Gasteiger partial charge in [0, 0.05) is 0 Å². The first kappa shape index (κ1) is 19.1. The summed E-state index contributed by atoms with van der Waals surface area (Å²) in [6.45, 7) is 3.03. The van der Waals surface area contributed by atoms with Crippen LogP contribution in [0.5, 0.6) is 5.75 Å². The Morgan fingerprint density at radius 1 is 1.08 bits per heavy atom. The number of esters is 1. The van der Waals surface area contributed by atoms with E-state index >= 15 is 0 Å². The number of anilines is 1. The third-order valence-electron chi connectivity index (χ3n) is 3.24. The van der Waals surface area contributed by atoms with Crippen LogP contribution in [0.25, 0.3) is 0 Å². The molecule has 0 bridgehead atoms. The van der Waals surface area contributed by atoms with Gasteiger partial charge in [-0.3, -0.25) is 4.79 Å². The first-order chi connectivity index (χ1) is 11.9. The van der Waals surface area contributed by atoms with Crippen molar-refractivity contribution >= 4 is 40.8 Å². The van der Waals surface area contributed by atoms with Gasteiger partial charge in [-0.05, 0) is 38.1 Å². The van der Waals surface area contributed by atoms with Gasteiger partial charge in [0.15, 0.2) is 12.7 Å². The van der Waals surface area contributed by atoms with Gasteiger partial charge < -0.3 is 14.8 Å². The molecule has 0 spiro atoms. The molecule has 25 heavy (non-hydrogen) atoms. The van der Waals surface area contributed by atoms with Crippen LogP contribution in [0.2, 0.25) is 10.0 Å². The number of hydrogen-bond donors (Lipinski definition) is 1. The number of hydrogen-bond acceptors (Lipinski definition) is 4. The van der Waals surface area contributed by atoms with Crippen molar-refractivity contribution in [2.24, 2.45) is 0 Å². The number of halogens is 2. The maximum Gasteiger partial charge on any atom is 0.347 e. The highest BCUT2D eigenvalue weighted by Gasteiger charge is 2.18. The lowest BCUT2D eigenvalue weighted by atomic mass is 10.2. The lowest BCUT2D eigenvalue weighted by Gasteiger charge is -2.14. The summed E-state index contributed by atoms with van der Waals surface area (Å²) < 4.78 is 10.4. The molecule has 1 unspecified atom stereocenters. The summed E-state index contributed by atoms with van der Waals surface area (Å²) in [5, 5.41) is 3.10. The van der Waals surface area contributed by atoms with E-state index in [1.165, 1.54) is 0 Å². The number of benzene rings is 2. The van der Waals surface area contributed by atoms with Crippen molar-refractivity contribution in [1.29, 1.82) is 0 Å². The van der Waals surface area contributed by atoms with Crippen LogP contribution in [0, 0.1) is 6.92 Å². The Labute approximate surface area is 155 Å². The fourth-order valence-corrected chi connectivity index (χ4v) is 2.41. The number of nitrogens with one attached hydrogen (secondary N) is 1. The summed E-state index contributed by atoms with van der Waals surface area (Å²) in [7, 11) is 0. The second kappa shape index (κ2) is 8.74. The summed E-state index contributed by atoms with van der Waals surface area (Å²) in [4.78, 5) is 23.8. The fraction of sp³-hybridized carbons (Fsp3) is 0.222. The summed E-state index contributed by atoms with van der Waals surface area (Å²) in [6, 6.07) is 12.1. The molecule has 1 N–H and O–H groups in total. The summed E-state index contributed by atoms with van der Waals surface area (Å²) >= 11 is 11.9. The molecule has 0 heterocycles. The van der Waals surface area contributed by atoms with E-state index in [9.17, 15) is 9.59 Å². The molecule has 5 nitrogen and oxygen atoms in total. The average molecular weight is 382 g/mol. The summed E-state index contributed by atoms with van der Waals surface area (Å²) in [5.74, 6) is -0.658. The molecule has 0 saturated heterocycles. The Morgan fingerprint density at radius 3 is 2.28 bits per heavy atom. The highest BCUT2D eigenvalue weighted by atomic mass is 35.5. The smallest absolute Gasteiger partial charge is 0.347 e. The van der Waals surface area contributed by atoms with E-state index in [1.54, 1.807) is 37.3 Å². The second-order valence-corrected chi connectivity index (χ2v) is 6.14.